The van der Waals surface area contributed by atoms with Crippen LogP contribution in [0, 0.1) is 5.92 Å². The fourth-order valence-electron chi connectivity index (χ4n) is 1.67. The molecule has 0 atom stereocenters. The predicted molar refractivity (Wildman–Crippen MR) is 65.6 cm³/mol. The van der Waals surface area contributed by atoms with E-state index in [2.05, 4.69) is 24.2 Å². The van der Waals surface area contributed by atoms with Crippen LogP contribution in [-0.4, -0.2) is 33.3 Å². The van der Waals surface area contributed by atoms with Gasteiger partial charge >= 0.3 is 0 Å². The van der Waals surface area contributed by atoms with Gasteiger partial charge in [0.05, 0.1) is 25.5 Å². The summed E-state index contributed by atoms with van der Waals surface area (Å²) < 4.78 is 7.16. The number of aromatic nitrogens is 3. The van der Waals surface area contributed by atoms with Crippen molar-refractivity contribution in [2.24, 2.45) is 5.92 Å². The van der Waals surface area contributed by atoms with Crippen molar-refractivity contribution in [1.82, 2.24) is 15.0 Å². The molecule has 1 N–H and O–H groups in total. The molecule has 0 aliphatic carbocycles. The highest BCUT2D eigenvalue weighted by molar-refractivity contribution is 5.09. The molecule has 0 saturated heterocycles. The van der Waals surface area contributed by atoms with Gasteiger partial charge < -0.3 is 9.84 Å². The highest BCUT2D eigenvalue weighted by Gasteiger charge is 2.12. The Kier molecular flexibility index (Phi) is 6.15. The van der Waals surface area contributed by atoms with Gasteiger partial charge in [0.2, 0.25) is 0 Å². The van der Waals surface area contributed by atoms with Gasteiger partial charge in [-0.15, -0.1) is 5.10 Å². The number of aliphatic hydroxyl groups is 1. The zero-order valence-corrected chi connectivity index (χ0v) is 11.0. The lowest BCUT2D eigenvalue weighted by molar-refractivity contribution is 0.135. The summed E-state index contributed by atoms with van der Waals surface area (Å²) in [5.74, 6) is 0.636. The third-order valence-corrected chi connectivity index (χ3v) is 2.68. The minimum Gasteiger partial charge on any atom is -0.390 e. The molecule has 0 spiro atoms. The lowest BCUT2D eigenvalue weighted by Gasteiger charge is -2.09. The summed E-state index contributed by atoms with van der Waals surface area (Å²) in [7, 11) is 0. The fraction of sp³-hybridized carbons (Fsp3) is 0.833. The molecule has 0 saturated carbocycles. The molecule has 98 valence electrons. The van der Waals surface area contributed by atoms with Crippen molar-refractivity contribution >= 4 is 0 Å². The molecule has 0 radical (unpaired) electrons. The van der Waals surface area contributed by atoms with Crippen molar-refractivity contribution in [3.63, 3.8) is 0 Å². The average molecular weight is 241 g/mol. The van der Waals surface area contributed by atoms with Crippen LogP contribution >= 0.6 is 0 Å². The molecule has 1 rings (SSSR count). The Morgan fingerprint density at radius 3 is 2.76 bits per heavy atom. The number of rotatable bonds is 8. The van der Waals surface area contributed by atoms with E-state index in [-0.39, 0.29) is 6.61 Å². The normalized spacial score (nSPS) is 11.4. The molecule has 0 amide bonds. The van der Waals surface area contributed by atoms with Gasteiger partial charge in [-0.05, 0) is 25.7 Å². The van der Waals surface area contributed by atoms with Gasteiger partial charge in [-0.25, -0.2) is 4.68 Å². The number of ether oxygens (including phenoxy) is 1. The quantitative estimate of drug-likeness (QED) is 0.699. The summed E-state index contributed by atoms with van der Waals surface area (Å²) in [5.41, 5.74) is 1.74. The minimum absolute atomic E-state index is 0.0396. The monoisotopic (exact) mass is 241 g/mol. The average Bonchev–Trinajstić information content (AvgIpc) is 2.69. The molecule has 17 heavy (non-hydrogen) atoms. The van der Waals surface area contributed by atoms with Crippen LogP contribution < -0.4 is 0 Å². The molecule has 1 aromatic rings. The summed E-state index contributed by atoms with van der Waals surface area (Å²) in [6.45, 7) is 8.36. The first kappa shape index (κ1) is 14.1. The predicted octanol–water partition coefficient (Wildman–Crippen LogP) is 1.40. The minimum atomic E-state index is -0.0396. The third kappa shape index (κ3) is 4.44. The number of hydrogen-bond acceptors (Lipinski definition) is 4. The molecule has 5 nitrogen and oxygen atoms in total. The van der Waals surface area contributed by atoms with Crippen molar-refractivity contribution < 1.29 is 9.84 Å². The third-order valence-electron chi connectivity index (χ3n) is 2.68. The molecule has 0 aromatic carbocycles. The van der Waals surface area contributed by atoms with Gasteiger partial charge in [0.25, 0.3) is 0 Å². The van der Waals surface area contributed by atoms with Crippen molar-refractivity contribution in [1.29, 1.82) is 0 Å². The molecule has 5 heteroatoms. The maximum atomic E-state index is 9.22. The standard InChI is InChI=1S/C12H23N3O2/c1-4-17-8-7-15-12(6-5-10(2)3)11(9-16)13-14-15/h10,16H,4-9H2,1-3H3. The molecule has 0 unspecified atom stereocenters. The van der Waals surface area contributed by atoms with E-state index in [1.807, 2.05) is 11.6 Å². The summed E-state index contributed by atoms with van der Waals surface area (Å²) >= 11 is 0. The van der Waals surface area contributed by atoms with Gasteiger partial charge in [0, 0.05) is 6.61 Å². The Balaban J connectivity index is 2.64. The van der Waals surface area contributed by atoms with Crippen LogP contribution in [0.4, 0.5) is 0 Å². The maximum Gasteiger partial charge on any atom is 0.111 e. The molecular formula is C12H23N3O2. The van der Waals surface area contributed by atoms with Gasteiger partial charge in [-0.2, -0.15) is 0 Å². The number of aliphatic hydroxyl groups excluding tert-OH is 1. The van der Waals surface area contributed by atoms with Crippen LogP contribution in [0.15, 0.2) is 0 Å². The van der Waals surface area contributed by atoms with E-state index in [0.29, 0.717) is 31.4 Å². The fourth-order valence-corrected chi connectivity index (χ4v) is 1.67. The van der Waals surface area contributed by atoms with Gasteiger partial charge in [-0.1, -0.05) is 19.1 Å². The molecule has 0 fully saturated rings. The second-order valence-corrected chi connectivity index (χ2v) is 4.49. The summed E-state index contributed by atoms with van der Waals surface area (Å²) in [5, 5.41) is 17.3. The van der Waals surface area contributed by atoms with E-state index in [0.717, 1.165) is 18.5 Å². The smallest absolute Gasteiger partial charge is 0.111 e. The zero-order chi connectivity index (χ0) is 12.7. The Morgan fingerprint density at radius 1 is 1.41 bits per heavy atom. The molecule has 1 aromatic heterocycles. The van der Waals surface area contributed by atoms with Crippen LogP contribution in [-0.2, 0) is 24.3 Å². The van der Waals surface area contributed by atoms with Crippen LogP contribution in [0.5, 0.6) is 0 Å². The van der Waals surface area contributed by atoms with Crippen molar-refractivity contribution in [3.05, 3.63) is 11.4 Å². The SMILES string of the molecule is CCOCCn1nnc(CO)c1CCC(C)C. The van der Waals surface area contributed by atoms with E-state index in [1.165, 1.54) is 0 Å². The van der Waals surface area contributed by atoms with Crippen molar-refractivity contribution in [3.8, 4) is 0 Å². The second-order valence-electron chi connectivity index (χ2n) is 4.49. The van der Waals surface area contributed by atoms with Gasteiger partial charge in [0.15, 0.2) is 0 Å². The first-order chi connectivity index (χ1) is 8.19. The molecular weight excluding hydrogens is 218 g/mol. The Morgan fingerprint density at radius 2 is 2.18 bits per heavy atom. The molecule has 0 aliphatic rings. The van der Waals surface area contributed by atoms with Crippen LogP contribution in [0.3, 0.4) is 0 Å². The van der Waals surface area contributed by atoms with Gasteiger partial charge in [0.1, 0.15) is 5.69 Å². The van der Waals surface area contributed by atoms with E-state index in [4.69, 9.17) is 4.74 Å². The zero-order valence-electron chi connectivity index (χ0n) is 11.0. The van der Waals surface area contributed by atoms with Crippen LogP contribution in [0.2, 0.25) is 0 Å². The van der Waals surface area contributed by atoms with E-state index in [1.54, 1.807) is 0 Å². The van der Waals surface area contributed by atoms with Crippen molar-refractivity contribution in [2.75, 3.05) is 13.2 Å². The Hall–Kier alpha value is -0.940. The highest BCUT2D eigenvalue weighted by atomic mass is 16.5. The molecule has 0 aliphatic heterocycles. The highest BCUT2D eigenvalue weighted by Crippen LogP contribution is 2.12. The van der Waals surface area contributed by atoms with E-state index in [9.17, 15) is 5.11 Å². The number of nitrogens with zero attached hydrogens (tertiary/aromatic N) is 3. The molecule has 0 bridgehead atoms. The summed E-state index contributed by atoms with van der Waals surface area (Å²) in [6, 6.07) is 0. The van der Waals surface area contributed by atoms with Crippen LogP contribution in [0.1, 0.15) is 38.6 Å². The summed E-state index contributed by atoms with van der Waals surface area (Å²) in [4.78, 5) is 0. The van der Waals surface area contributed by atoms with Crippen LogP contribution in [0.25, 0.3) is 0 Å². The maximum absolute atomic E-state index is 9.22. The first-order valence-electron chi connectivity index (χ1n) is 6.28. The Bertz CT molecular complexity index is 324. The lowest BCUT2D eigenvalue weighted by atomic mass is 10.1. The lowest BCUT2D eigenvalue weighted by Crippen LogP contribution is -2.12. The second kappa shape index (κ2) is 7.40. The largest absolute Gasteiger partial charge is 0.390 e. The van der Waals surface area contributed by atoms with E-state index < -0.39 is 0 Å². The number of hydrogen-bond donors (Lipinski definition) is 1. The first-order valence-corrected chi connectivity index (χ1v) is 6.28. The molecule has 1 heterocycles. The van der Waals surface area contributed by atoms with Gasteiger partial charge in [-0.3, -0.25) is 0 Å². The topological polar surface area (TPSA) is 60.2 Å². The summed E-state index contributed by atoms with van der Waals surface area (Å²) in [6.07, 6.45) is 1.99. The Labute approximate surface area is 103 Å². The van der Waals surface area contributed by atoms with E-state index >= 15 is 0 Å². The van der Waals surface area contributed by atoms with Crippen molar-refractivity contribution in [2.45, 2.75) is 46.8 Å².